The van der Waals surface area contributed by atoms with Gasteiger partial charge in [-0.15, -0.1) is 11.6 Å². The second-order valence-corrected chi connectivity index (χ2v) is 12.2. The van der Waals surface area contributed by atoms with Gasteiger partial charge in [0.2, 0.25) is 0 Å². The van der Waals surface area contributed by atoms with Gasteiger partial charge >= 0.3 is 5.63 Å². The van der Waals surface area contributed by atoms with Gasteiger partial charge in [0.1, 0.15) is 0 Å². The molecule has 174 valence electrons. The molecule has 5 rings (SSSR count). The number of halogens is 1. The molecule has 0 aromatic carbocycles. The van der Waals surface area contributed by atoms with E-state index in [9.17, 15) is 9.90 Å². The highest BCUT2D eigenvalue weighted by molar-refractivity contribution is 6.21. The maximum absolute atomic E-state index is 12.4. The third-order valence-electron chi connectivity index (χ3n) is 9.96. The summed E-state index contributed by atoms with van der Waals surface area (Å²) in [6.07, 6.45) is 11.9. The lowest BCUT2D eigenvalue weighted by molar-refractivity contribution is -0.105. The molecule has 0 bridgehead atoms. The van der Waals surface area contributed by atoms with Gasteiger partial charge in [0.15, 0.2) is 0 Å². The third kappa shape index (κ3) is 2.72. The first-order valence-electron chi connectivity index (χ1n) is 11.9. The molecule has 1 aromatic heterocycles. The van der Waals surface area contributed by atoms with Crippen molar-refractivity contribution in [3.05, 3.63) is 58.2 Å². The first-order chi connectivity index (χ1) is 15.0. The van der Waals surface area contributed by atoms with Crippen molar-refractivity contribution in [2.75, 3.05) is 7.11 Å². The summed E-state index contributed by atoms with van der Waals surface area (Å²) in [5.41, 5.74) is 0.325. The fraction of sp³-hybridized carbons (Fsp3) is 0.667. The summed E-state index contributed by atoms with van der Waals surface area (Å²) in [5, 5.41) is 12.1. The molecule has 0 amide bonds. The Morgan fingerprint density at radius 1 is 1.22 bits per heavy atom. The van der Waals surface area contributed by atoms with E-state index in [4.69, 9.17) is 20.8 Å². The van der Waals surface area contributed by atoms with Crippen molar-refractivity contribution >= 4 is 11.6 Å². The Morgan fingerprint density at radius 2 is 1.97 bits per heavy atom. The molecule has 0 saturated heterocycles. The molecule has 0 aliphatic heterocycles. The Kier molecular flexibility index (Phi) is 4.96. The highest BCUT2D eigenvalue weighted by atomic mass is 35.5. The van der Waals surface area contributed by atoms with Crippen LogP contribution >= 0.6 is 11.6 Å². The van der Waals surface area contributed by atoms with Gasteiger partial charge in [0.25, 0.3) is 0 Å². The minimum absolute atomic E-state index is 0.0124. The third-order valence-corrected chi connectivity index (χ3v) is 10.4. The molecule has 4 aliphatic rings. The molecule has 1 aromatic rings. The monoisotopic (exact) mass is 458 g/mol. The molecule has 2 fully saturated rings. The zero-order valence-corrected chi connectivity index (χ0v) is 20.5. The second kappa shape index (κ2) is 7.07. The average Bonchev–Trinajstić information content (AvgIpc) is 2.94. The average molecular weight is 459 g/mol. The van der Waals surface area contributed by atoms with Crippen LogP contribution in [-0.2, 0) is 4.74 Å². The van der Waals surface area contributed by atoms with Gasteiger partial charge in [0.05, 0.1) is 18.0 Å². The van der Waals surface area contributed by atoms with Crippen molar-refractivity contribution in [1.82, 2.24) is 0 Å². The number of hydrogen-bond acceptors (Lipinski definition) is 4. The van der Waals surface area contributed by atoms with E-state index < -0.39 is 11.0 Å². The molecule has 8 unspecified atom stereocenters. The molecule has 4 nitrogen and oxygen atoms in total. The minimum Gasteiger partial charge on any atom is -0.431 e. The van der Waals surface area contributed by atoms with E-state index in [1.165, 1.54) is 17.9 Å². The smallest absolute Gasteiger partial charge is 0.335 e. The Labute approximate surface area is 195 Å². The van der Waals surface area contributed by atoms with Gasteiger partial charge in [-0.2, -0.15) is 0 Å². The van der Waals surface area contributed by atoms with Crippen molar-refractivity contribution in [2.45, 2.75) is 76.4 Å². The summed E-state index contributed by atoms with van der Waals surface area (Å²) in [4.78, 5) is 11.5. The highest BCUT2D eigenvalue weighted by Crippen LogP contribution is 2.70. The first-order valence-corrected chi connectivity index (χ1v) is 12.3. The summed E-state index contributed by atoms with van der Waals surface area (Å²) < 4.78 is 11.0. The number of alkyl halides is 1. The minimum atomic E-state index is -0.965. The zero-order chi connectivity index (χ0) is 23.1. The fourth-order valence-electron chi connectivity index (χ4n) is 8.27. The van der Waals surface area contributed by atoms with Crippen LogP contribution in [0.25, 0.3) is 0 Å². The Balaban J connectivity index is 1.58. The Morgan fingerprint density at radius 3 is 2.62 bits per heavy atom. The first kappa shape index (κ1) is 22.4. The molecule has 0 spiro atoms. The summed E-state index contributed by atoms with van der Waals surface area (Å²) in [6.45, 7) is 9.19. The predicted molar refractivity (Wildman–Crippen MR) is 126 cm³/mol. The maximum atomic E-state index is 12.4. The van der Waals surface area contributed by atoms with Crippen LogP contribution in [0.3, 0.4) is 0 Å². The number of fused-ring (bicyclic) bond motifs is 5. The lowest BCUT2D eigenvalue weighted by Crippen LogP contribution is -2.59. The van der Waals surface area contributed by atoms with Gasteiger partial charge in [0, 0.05) is 29.9 Å². The molecule has 1 N–H and O–H groups in total. The molecule has 5 heteroatoms. The van der Waals surface area contributed by atoms with Crippen molar-refractivity contribution in [3.63, 3.8) is 0 Å². The molecule has 4 aliphatic carbocycles. The van der Waals surface area contributed by atoms with Gasteiger partial charge in [-0.1, -0.05) is 45.9 Å². The van der Waals surface area contributed by atoms with Crippen LogP contribution in [0.15, 0.2) is 51.4 Å². The molecular formula is C27H35ClO4. The van der Waals surface area contributed by atoms with E-state index >= 15 is 0 Å². The number of allylic oxidation sites excluding steroid dienone is 2. The van der Waals surface area contributed by atoms with Gasteiger partial charge in [-0.25, -0.2) is 4.79 Å². The number of ether oxygens (including phenoxy) is 1. The zero-order valence-electron chi connectivity index (χ0n) is 19.7. The quantitative estimate of drug-likeness (QED) is 0.473. The number of hydrogen-bond donors (Lipinski definition) is 1. The maximum Gasteiger partial charge on any atom is 0.335 e. The largest absolute Gasteiger partial charge is 0.431 e. The SMILES string of the molecule is COC1C=CC2(C)C3CCC4(C)C(c5ccc(=O)oc5)C(Cl)CC4(O)C3=CCC2C1(C)C. The summed E-state index contributed by atoms with van der Waals surface area (Å²) >= 11 is 6.96. The van der Waals surface area contributed by atoms with Gasteiger partial charge < -0.3 is 14.3 Å². The lowest BCUT2D eigenvalue weighted by atomic mass is 9.44. The topological polar surface area (TPSA) is 59.7 Å². The normalized spacial score (nSPS) is 46.7. The van der Waals surface area contributed by atoms with Crippen molar-refractivity contribution in [2.24, 2.45) is 28.1 Å². The predicted octanol–water partition coefficient (Wildman–Crippen LogP) is 5.45. The Bertz CT molecular complexity index is 1020. The van der Waals surface area contributed by atoms with E-state index in [0.717, 1.165) is 24.8 Å². The molecule has 0 radical (unpaired) electrons. The summed E-state index contributed by atoms with van der Waals surface area (Å²) in [5.74, 6) is 0.658. The van der Waals surface area contributed by atoms with E-state index in [0.29, 0.717) is 12.3 Å². The van der Waals surface area contributed by atoms with E-state index in [-0.39, 0.29) is 39.8 Å². The van der Waals surface area contributed by atoms with Crippen LogP contribution in [0.4, 0.5) is 0 Å². The highest BCUT2D eigenvalue weighted by Gasteiger charge is 2.68. The molecule has 8 atom stereocenters. The molecule has 32 heavy (non-hydrogen) atoms. The van der Waals surface area contributed by atoms with Crippen LogP contribution in [-0.4, -0.2) is 29.3 Å². The van der Waals surface area contributed by atoms with Crippen molar-refractivity contribution < 1.29 is 14.3 Å². The summed E-state index contributed by atoms with van der Waals surface area (Å²) in [6, 6.07) is 3.27. The van der Waals surface area contributed by atoms with E-state index in [2.05, 4.69) is 45.9 Å². The van der Waals surface area contributed by atoms with Crippen LogP contribution in [0.2, 0.25) is 0 Å². The number of aliphatic hydroxyl groups is 1. The van der Waals surface area contributed by atoms with Crippen LogP contribution in [0.5, 0.6) is 0 Å². The van der Waals surface area contributed by atoms with Crippen molar-refractivity contribution in [1.29, 1.82) is 0 Å². The fourth-order valence-corrected chi connectivity index (χ4v) is 8.92. The number of rotatable bonds is 2. The van der Waals surface area contributed by atoms with Crippen LogP contribution in [0, 0.1) is 28.1 Å². The Hall–Kier alpha value is -1.36. The molecule has 2 saturated carbocycles. The summed E-state index contributed by atoms with van der Waals surface area (Å²) in [7, 11) is 1.79. The van der Waals surface area contributed by atoms with E-state index in [1.54, 1.807) is 7.11 Å². The van der Waals surface area contributed by atoms with Gasteiger partial charge in [-0.05, 0) is 65.6 Å². The van der Waals surface area contributed by atoms with Crippen LogP contribution < -0.4 is 5.63 Å². The van der Waals surface area contributed by atoms with Crippen LogP contribution in [0.1, 0.15) is 64.9 Å². The van der Waals surface area contributed by atoms with E-state index in [1.807, 2.05) is 6.07 Å². The standard InChI is InChI=1S/C27H35ClO4/c1-24(2)20-8-7-18-17(25(20,3)12-11-21(24)31-5)10-13-26(4)23(19(28)14-27(18,26)30)16-6-9-22(29)32-15-16/h6-7,9,11-12,15,17,19-21,23,30H,8,10,13-14H2,1-5H3. The van der Waals surface area contributed by atoms with Gasteiger partial charge in [-0.3, -0.25) is 0 Å². The molecule has 1 heterocycles. The lowest BCUT2D eigenvalue weighted by Gasteiger charge is -2.61. The second-order valence-electron chi connectivity index (χ2n) is 11.6. The number of methoxy groups -OCH3 is 1. The molecular weight excluding hydrogens is 424 g/mol. The van der Waals surface area contributed by atoms with Crippen molar-refractivity contribution in [3.8, 4) is 0 Å².